The summed E-state index contributed by atoms with van der Waals surface area (Å²) in [4.78, 5) is 6.36. The number of rotatable bonds is 7. The van der Waals surface area contributed by atoms with Crippen molar-refractivity contribution in [1.82, 2.24) is 14.8 Å². The summed E-state index contributed by atoms with van der Waals surface area (Å²) < 4.78 is 13.4. The van der Waals surface area contributed by atoms with E-state index in [1.165, 1.54) is 16.0 Å². The minimum absolute atomic E-state index is 0.0805. The van der Waals surface area contributed by atoms with Crippen LogP contribution in [-0.4, -0.2) is 45.6 Å². The quantitative estimate of drug-likeness (QED) is 0.348. The van der Waals surface area contributed by atoms with E-state index in [2.05, 4.69) is 63.6 Å². The molecule has 1 aliphatic rings. The highest BCUT2D eigenvalue weighted by Crippen LogP contribution is 2.38. The number of aliphatic imine (C=N–C) groups is 1. The van der Waals surface area contributed by atoms with Crippen molar-refractivity contribution in [1.29, 1.82) is 0 Å². The van der Waals surface area contributed by atoms with Crippen molar-refractivity contribution >= 4 is 33.0 Å². The van der Waals surface area contributed by atoms with Gasteiger partial charge in [-0.2, -0.15) is 0 Å². The Balaban J connectivity index is 1.66. The molecule has 0 bridgehead atoms. The molecule has 3 heterocycles. The summed E-state index contributed by atoms with van der Waals surface area (Å²) in [5.41, 5.74) is 4.49. The van der Waals surface area contributed by atoms with Gasteiger partial charge in [-0.25, -0.2) is 0 Å². The predicted molar refractivity (Wildman–Crippen MR) is 124 cm³/mol. The number of thiophene rings is 1. The number of fused-ring (bicyclic) bond motifs is 3. The summed E-state index contributed by atoms with van der Waals surface area (Å²) in [7, 11) is 0. The van der Waals surface area contributed by atoms with Crippen molar-refractivity contribution in [3.05, 3.63) is 57.5 Å². The number of hydrogen-bond donors (Lipinski definition) is 0. The molecule has 0 amide bonds. The van der Waals surface area contributed by atoms with Gasteiger partial charge in [0.25, 0.3) is 0 Å². The van der Waals surface area contributed by atoms with E-state index < -0.39 is 0 Å². The van der Waals surface area contributed by atoms with E-state index in [0.717, 1.165) is 39.0 Å². The highest BCUT2D eigenvalue weighted by atomic mass is 79.9. The van der Waals surface area contributed by atoms with E-state index in [-0.39, 0.29) is 6.04 Å². The number of ether oxygens (including phenoxy) is 2. The van der Waals surface area contributed by atoms with Gasteiger partial charge in [-0.05, 0) is 57.5 Å². The summed E-state index contributed by atoms with van der Waals surface area (Å²) in [5.74, 6) is 2.60. The zero-order chi connectivity index (χ0) is 21.3. The maximum absolute atomic E-state index is 5.79. The average Bonchev–Trinajstić information content (AvgIpc) is 3.22. The molecular weight excluding hydrogens is 464 g/mol. The van der Waals surface area contributed by atoms with Crippen molar-refractivity contribution < 1.29 is 9.47 Å². The minimum atomic E-state index is -0.0805. The topological polar surface area (TPSA) is 61.5 Å². The van der Waals surface area contributed by atoms with Gasteiger partial charge in [0.05, 0.1) is 18.9 Å². The molecule has 0 radical (unpaired) electrons. The molecule has 6 nitrogen and oxygen atoms in total. The van der Waals surface area contributed by atoms with Crippen LogP contribution in [0.5, 0.6) is 5.75 Å². The van der Waals surface area contributed by atoms with Gasteiger partial charge >= 0.3 is 0 Å². The maximum Gasteiger partial charge on any atom is 0.162 e. The standard InChI is InChI=1S/C22H25BrN4O2S/c1-13-15(3)30-22-19(13)20(24-14(2)21-26-25-16(4)27(21)22)17-5-7-18(8-6-17)29-12-11-28-10-9-23/h5-8,14H,9-12H2,1-4H3/t14-/m0/s1. The molecule has 2 aromatic heterocycles. The van der Waals surface area contributed by atoms with Crippen LogP contribution in [0.4, 0.5) is 0 Å². The molecule has 30 heavy (non-hydrogen) atoms. The lowest BCUT2D eigenvalue weighted by Gasteiger charge is -2.11. The summed E-state index contributed by atoms with van der Waals surface area (Å²) in [6.07, 6.45) is 0. The first kappa shape index (κ1) is 21.2. The van der Waals surface area contributed by atoms with E-state index >= 15 is 0 Å². The summed E-state index contributed by atoms with van der Waals surface area (Å²) in [6, 6.07) is 8.07. The van der Waals surface area contributed by atoms with Crippen LogP contribution in [0.15, 0.2) is 29.3 Å². The molecule has 0 aliphatic carbocycles. The minimum Gasteiger partial charge on any atom is -0.491 e. The Hall–Kier alpha value is -2.03. The second-order valence-electron chi connectivity index (χ2n) is 7.23. The van der Waals surface area contributed by atoms with Crippen molar-refractivity contribution in [2.24, 2.45) is 4.99 Å². The lowest BCUT2D eigenvalue weighted by Crippen LogP contribution is -2.09. The van der Waals surface area contributed by atoms with Gasteiger partial charge in [0, 0.05) is 21.3 Å². The lowest BCUT2D eigenvalue weighted by molar-refractivity contribution is 0.112. The third-order valence-corrected chi connectivity index (χ3v) is 6.71. The Morgan fingerprint density at radius 1 is 1.07 bits per heavy atom. The van der Waals surface area contributed by atoms with Crippen molar-refractivity contribution in [2.45, 2.75) is 33.7 Å². The number of aryl methyl sites for hydroxylation is 2. The van der Waals surface area contributed by atoms with Crippen molar-refractivity contribution in [2.75, 3.05) is 25.2 Å². The first-order valence-corrected chi connectivity index (χ1v) is 11.9. The first-order valence-electron chi connectivity index (χ1n) is 9.98. The summed E-state index contributed by atoms with van der Waals surface area (Å²) in [5, 5.41) is 10.7. The Morgan fingerprint density at radius 3 is 2.57 bits per heavy atom. The van der Waals surface area contributed by atoms with Gasteiger partial charge in [-0.15, -0.1) is 21.5 Å². The number of hydrogen-bond acceptors (Lipinski definition) is 6. The average molecular weight is 489 g/mol. The third kappa shape index (κ3) is 3.96. The van der Waals surface area contributed by atoms with Crippen LogP contribution in [0.2, 0.25) is 0 Å². The normalized spacial score (nSPS) is 15.4. The van der Waals surface area contributed by atoms with E-state index in [0.29, 0.717) is 19.8 Å². The van der Waals surface area contributed by atoms with Crippen LogP contribution in [0.1, 0.15) is 46.2 Å². The summed E-state index contributed by atoms with van der Waals surface area (Å²) in [6.45, 7) is 10.2. The van der Waals surface area contributed by atoms with Gasteiger partial charge in [-0.3, -0.25) is 9.56 Å². The highest BCUT2D eigenvalue weighted by Gasteiger charge is 2.29. The molecule has 1 aliphatic heterocycles. The highest BCUT2D eigenvalue weighted by molar-refractivity contribution is 9.09. The number of aromatic nitrogens is 3. The third-order valence-electron chi connectivity index (χ3n) is 5.20. The molecule has 0 saturated carbocycles. The Labute approximate surface area is 189 Å². The molecule has 158 valence electrons. The van der Waals surface area contributed by atoms with Crippen LogP contribution >= 0.6 is 27.3 Å². The van der Waals surface area contributed by atoms with Crippen LogP contribution in [-0.2, 0) is 4.74 Å². The van der Waals surface area contributed by atoms with Crippen molar-refractivity contribution in [3.8, 4) is 10.8 Å². The zero-order valence-corrected chi connectivity index (χ0v) is 20.0. The lowest BCUT2D eigenvalue weighted by atomic mass is 9.99. The molecule has 4 rings (SSSR count). The number of nitrogens with zero attached hydrogens (tertiary/aromatic N) is 4. The van der Waals surface area contributed by atoms with Crippen LogP contribution in [0, 0.1) is 20.8 Å². The fourth-order valence-electron chi connectivity index (χ4n) is 3.56. The van der Waals surface area contributed by atoms with Gasteiger partial charge in [0.2, 0.25) is 0 Å². The molecular formula is C22H25BrN4O2S. The Morgan fingerprint density at radius 2 is 1.83 bits per heavy atom. The largest absolute Gasteiger partial charge is 0.491 e. The molecule has 3 aromatic rings. The number of alkyl halides is 1. The van der Waals surface area contributed by atoms with Gasteiger partial charge in [0.1, 0.15) is 29.2 Å². The molecule has 1 aromatic carbocycles. The number of benzene rings is 1. The van der Waals surface area contributed by atoms with Crippen LogP contribution in [0.3, 0.4) is 0 Å². The monoisotopic (exact) mass is 488 g/mol. The van der Waals surface area contributed by atoms with Crippen LogP contribution < -0.4 is 4.74 Å². The van der Waals surface area contributed by atoms with Crippen molar-refractivity contribution in [3.63, 3.8) is 0 Å². The van der Waals surface area contributed by atoms with E-state index in [9.17, 15) is 0 Å². The Kier molecular flexibility index (Phi) is 6.36. The van der Waals surface area contributed by atoms with Crippen LogP contribution in [0.25, 0.3) is 5.00 Å². The molecule has 1 atom stereocenters. The fraction of sp³-hybridized carbons (Fsp3) is 0.409. The van der Waals surface area contributed by atoms with E-state index in [1.807, 2.05) is 19.1 Å². The fourth-order valence-corrected chi connectivity index (χ4v) is 5.01. The van der Waals surface area contributed by atoms with Gasteiger partial charge < -0.3 is 9.47 Å². The number of halogens is 1. The molecule has 0 spiro atoms. The first-order chi connectivity index (χ1) is 14.5. The smallest absolute Gasteiger partial charge is 0.162 e. The predicted octanol–water partition coefficient (Wildman–Crippen LogP) is 4.96. The molecule has 0 saturated heterocycles. The summed E-state index contributed by atoms with van der Waals surface area (Å²) >= 11 is 5.12. The van der Waals surface area contributed by atoms with E-state index in [1.54, 1.807) is 11.3 Å². The van der Waals surface area contributed by atoms with Gasteiger partial charge in [0.15, 0.2) is 5.82 Å². The SMILES string of the molecule is Cc1sc2c(c1C)C(c1ccc(OCCOCCBr)cc1)=N[C@@H](C)c1nnc(C)n1-2. The van der Waals surface area contributed by atoms with E-state index in [4.69, 9.17) is 14.5 Å². The molecule has 0 N–H and O–H groups in total. The molecule has 0 unspecified atom stereocenters. The Bertz CT molecular complexity index is 1070. The molecule has 8 heteroatoms. The second-order valence-corrected chi connectivity index (χ2v) is 9.23. The zero-order valence-electron chi connectivity index (χ0n) is 17.6. The maximum atomic E-state index is 5.79. The second kappa shape index (κ2) is 8.99. The van der Waals surface area contributed by atoms with Gasteiger partial charge in [-0.1, -0.05) is 15.9 Å². The molecule has 0 fully saturated rings.